The number of likely N-dealkylation sites (tertiary alicyclic amines) is 1. The minimum atomic E-state index is -1.25. The van der Waals surface area contributed by atoms with Crippen molar-refractivity contribution in [2.24, 2.45) is 0 Å². The Labute approximate surface area is 106 Å². The van der Waals surface area contributed by atoms with Crippen LogP contribution >= 0.6 is 0 Å². The summed E-state index contributed by atoms with van der Waals surface area (Å²) in [4.78, 5) is 24.3. The topological polar surface area (TPSA) is 102 Å². The van der Waals surface area contributed by atoms with Gasteiger partial charge in [-0.25, -0.2) is 9.59 Å². The molecule has 2 unspecified atom stereocenters. The van der Waals surface area contributed by atoms with Crippen molar-refractivity contribution in [3.8, 4) is 0 Å². The number of aliphatic carboxylic acids is 1. The van der Waals surface area contributed by atoms with Crippen LogP contribution in [0.5, 0.6) is 0 Å². The second-order valence-electron chi connectivity index (χ2n) is 4.35. The standard InChI is InChI=1S/C11H21N3O4/c1-2-14-5-3-4-8(14)6-12-11(18)13-9(7-15)10(16)17/h8-9,15H,2-7H2,1H3,(H,16,17)(H2,12,13,18). The predicted octanol–water partition coefficient (Wildman–Crippen LogP) is -0.785. The lowest BCUT2D eigenvalue weighted by atomic mass is 10.2. The van der Waals surface area contributed by atoms with Gasteiger partial charge in [0.25, 0.3) is 0 Å². The fraction of sp³-hybridized carbons (Fsp3) is 0.818. The van der Waals surface area contributed by atoms with Crippen LogP contribution in [0.15, 0.2) is 0 Å². The van der Waals surface area contributed by atoms with Crippen molar-refractivity contribution in [3.05, 3.63) is 0 Å². The normalized spacial score (nSPS) is 21.6. The van der Waals surface area contributed by atoms with Gasteiger partial charge in [-0.1, -0.05) is 6.92 Å². The van der Waals surface area contributed by atoms with Crippen LogP contribution in [-0.4, -0.2) is 65.4 Å². The van der Waals surface area contributed by atoms with Crippen molar-refractivity contribution < 1.29 is 19.8 Å². The lowest BCUT2D eigenvalue weighted by molar-refractivity contribution is -0.140. The summed E-state index contributed by atoms with van der Waals surface area (Å²) in [5.41, 5.74) is 0. The number of aliphatic hydroxyl groups is 1. The van der Waals surface area contributed by atoms with Crippen molar-refractivity contribution in [2.75, 3.05) is 26.2 Å². The average Bonchev–Trinajstić information content (AvgIpc) is 2.80. The number of urea groups is 1. The van der Waals surface area contributed by atoms with E-state index in [1.54, 1.807) is 0 Å². The van der Waals surface area contributed by atoms with E-state index in [2.05, 4.69) is 22.5 Å². The van der Waals surface area contributed by atoms with E-state index in [4.69, 9.17) is 10.2 Å². The zero-order valence-corrected chi connectivity index (χ0v) is 10.6. The zero-order valence-electron chi connectivity index (χ0n) is 10.6. The molecule has 4 N–H and O–H groups in total. The molecule has 0 spiro atoms. The smallest absolute Gasteiger partial charge is 0.328 e. The third-order valence-corrected chi connectivity index (χ3v) is 3.19. The first-order valence-corrected chi connectivity index (χ1v) is 6.20. The van der Waals surface area contributed by atoms with E-state index in [1.165, 1.54) is 0 Å². The fourth-order valence-electron chi connectivity index (χ4n) is 2.15. The van der Waals surface area contributed by atoms with Crippen LogP contribution in [0.25, 0.3) is 0 Å². The van der Waals surface area contributed by atoms with Crippen LogP contribution in [0.1, 0.15) is 19.8 Å². The van der Waals surface area contributed by atoms with Crippen LogP contribution in [0.2, 0.25) is 0 Å². The number of rotatable bonds is 6. The van der Waals surface area contributed by atoms with E-state index in [1.807, 2.05) is 0 Å². The maximum atomic E-state index is 11.5. The molecule has 1 aliphatic heterocycles. The highest BCUT2D eigenvalue weighted by Gasteiger charge is 2.24. The Morgan fingerprint density at radius 3 is 2.78 bits per heavy atom. The van der Waals surface area contributed by atoms with Gasteiger partial charge in [0.2, 0.25) is 0 Å². The number of nitrogens with zero attached hydrogens (tertiary/aromatic N) is 1. The third kappa shape index (κ3) is 4.15. The number of hydrogen-bond acceptors (Lipinski definition) is 4. The van der Waals surface area contributed by atoms with Gasteiger partial charge in [-0.2, -0.15) is 0 Å². The molecule has 1 rings (SSSR count). The summed E-state index contributed by atoms with van der Waals surface area (Å²) in [6.45, 7) is 3.94. The first kappa shape index (κ1) is 14.7. The largest absolute Gasteiger partial charge is 0.480 e. The first-order chi connectivity index (χ1) is 8.58. The summed E-state index contributed by atoms with van der Waals surface area (Å²) < 4.78 is 0. The van der Waals surface area contributed by atoms with Crippen LogP contribution in [0.3, 0.4) is 0 Å². The minimum Gasteiger partial charge on any atom is -0.480 e. The molecule has 0 radical (unpaired) electrons. The second-order valence-corrected chi connectivity index (χ2v) is 4.35. The first-order valence-electron chi connectivity index (χ1n) is 6.20. The van der Waals surface area contributed by atoms with Gasteiger partial charge < -0.3 is 20.8 Å². The maximum Gasteiger partial charge on any atom is 0.328 e. The molecular weight excluding hydrogens is 238 g/mol. The molecule has 0 aromatic rings. The molecule has 18 heavy (non-hydrogen) atoms. The number of nitrogens with one attached hydrogen (secondary N) is 2. The van der Waals surface area contributed by atoms with Gasteiger partial charge in [0.05, 0.1) is 6.61 Å². The Morgan fingerprint density at radius 1 is 1.50 bits per heavy atom. The molecule has 2 amide bonds. The monoisotopic (exact) mass is 259 g/mol. The third-order valence-electron chi connectivity index (χ3n) is 3.19. The molecule has 2 atom stereocenters. The Hall–Kier alpha value is -1.34. The zero-order chi connectivity index (χ0) is 13.5. The SMILES string of the molecule is CCN1CCCC1CNC(=O)NC(CO)C(=O)O. The molecule has 0 aliphatic carbocycles. The molecule has 1 fully saturated rings. The van der Waals surface area contributed by atoms with Gasteiger partial charge in [0.15, 0.2) is 6.04 Å². The highest BCUT2D eigenvalue weighted by Crippen LogP contribution is 2.15. The summed E-state index contributed by atoms with van der Waals surface area (Å²) in [5.74, 6) is -1.25. The number of likely N-dealkylation sites (N-methyl/N-ethyl adjacent to an activating group) is 1. The van der Waals surface area contributed by atoms with Crippen molar-refractivity contribution >= 4 is 12.0 Å². The molecule has 104 valence electrons. The Bertz CT molecular complexity index is 298. The van der Waals surface area contributed by atoms with E-state index in [9.17, 15) is 9.59 Å². The van der Waals surface area contributed by atoms with Gasteiger partial charge in [0.1, 0.15) is 0 Å². The lowest BCUT2D eigenvalue weighted by Gasteiger charge is -2.23. The maximum absolute atomic E-state index is 11.5. The number of carbonyl (C=O) groups is 2. The van der Waals surface area contributed by atoms with Gasteiger partial charge >= 0.3 is 12.0 Å². The average molecular weight is 259 g/mol. The predicted molar refractivity (Wildman–Crippen MR) is 65.3 cm³/mol. The van der Waals surface area contributed by atoms with Gasteiger partial charge in [0, 0.05) is 12.6 Å². The summed E-state index contributed by atoms with van der Waals surface area (Å²) in [5, 5.41) is 22.3. The van der Waals surface area contributed by atoms with Crippen molar-refractivity contribution in [1.29, 1.82) is 0 Å². The van der Waals surface area contributed by atoms with Gasteiger partial charge in [-0.15, -0.1) is 0 Å². The number of hydrogen-bond donors (Lipinski definition) is 4. The minimum absolute atomic E-state index is 0.318. The molecule has 0 saturated carbocycles. The molecule has 0 aromatic carbocycles. The van der Waals surface area contributed by atoms with E-state index >= 15 is 0 Å². The molecule has 7 nitrogen and oxygen atoms in total. The van der Waals surface area contributed by atoms with Crippen LogP contribution in [-0.2, 0) is 4.79 Å². The molecule has 0 bridgehead atoms. The summed E-state index contributed by atoms with van der Waals surface area (Å²) in [6.07, 6.45) is 2.16. The quantitative estimate of drug-likeness (QED) is 0.501. The van der Waals surface area contributed by atoms with Crippen molar-refractivity contribution in [1.82, 2.24) is 15.5 Å². The van der Waals surface area contributed by atoms with Crippen molar-refractivity contribution in [2.45, 2.75) is 31.8 Å². The lowest BCUT2D eigenvalue weighted by Crippen LogP contribution is -2.50. The Morgan fingerprint density at radius 2 is 2.22 bits per heavy atom. The molecule has 7 heteroatoms. The van der Waals surface area contributed by atoms with Crippen LogP contribution in [0, 0.1) is 0 Å². The molecule has 1 saturated heterocycles. The summed E-state index contributed by atoms with van der Waals surface area (Å²) >= 11 is 0. The highest BCUT2D eigenvalue weighted by atomic mass is 16.4. The molecular formula is C11H21N3O4. The number of carbonyl (C=O) groups excluding carboxylic acids is 1. The second kappa shape index (κ2) is 7.17. The molecule has 0 aromatic heterocycles. The number of carboxylic acid groups (broad SMARTS) is 1. The van der Waals surface area contributed by atoms with Gasteiger partial charge in [-0.05, 0) is 25.9 Å². The fourth-order valence-corrected chi connectivity index (χ4v) is 2.15. The van der Waals surface area contributed by atoms with Crippen LogP contribution < -0.4 is 10.6 Å². The molecule has 1 aliphatic rings. The van der Waals surface area contributed by atoms with Gasteiger partial charge in [-0.3, -0.25) is 4.90 Å². The number of aliphatic hydroxyl groups excluding tert-OH is 1. The van der Waals surface area contributed by atoms with Crippen molar-refractivity contribution in [3.63, 3.8) is 0 Å². The number of amides is 2. The van der Waals surface area contributed by atoms with E-state index in [-0.39, 0.29) is 0 Å². The summed E-state index contributed by atoms with van der Waals surface area (Å²) in [6, 6.07) is -1.49. The van der Waals surface area contributed by atoms with E-state index in [0.717, 1.165) is 25.9 Å². The highest BCUT2D eigenvalue weighted by molar-refractivity contribution is 5.82. The van der Waals surface area contributed by atoms with E-state index in [0.29, 0.717) is 12.6 Å². The Balaban J connectivity index is 2.30. The molecule has 1 heterocycles. The Kier molecular flexibility index (Phi) is 5.87. The number of carboxylic acids is 1. The summed E-state index contributed by atoms with van der Waals surface area (Å²) in [7, 11) is 0. The van der Waals surface area contributed by atoms with E-state index < -0.39 is 24.6 Å². The van der Waals surface area contributed by atoms with Crippen LogP contribution in [0.4, 0.5) is 4.79 Å².